The number of allylic oxidation sites excluding steroid dienone is 2. The minimum absolute atomic E-state index is 0.0309. The molecular weight excluding hydrogens is 370 g/mol. The first-order valence-electron chi connectivity index (χ1n) is 10.2. The molecule has 1 aliphatic heterocycles. The highest BCUT2D eigenvalue weighted by molar-refractivity contribution is 6.00. The first-order valence-corrected chi connectivity index (χ1v) is 10.2. The summed E-state index contributed by atoms with van der Waals surface area (Å²) in [4.78, 5) is 28.7. The predicted molar refractivity (Wildman–Crippen MR) is 112 cm³/mol. The average molecular weight is 399 g/mol. The maximum absolute atomic E-state index is 13.3. The largest absolute Gasteiger partial charge is 0.493 e. The van der Waals surface area contributed by atoms with Crippen LogP contribution in [0.3, 0.4) is 0 Å². The van der Waals surface area contributed by atoms with Gasteiger partial charge in [0.05, 0.1) is 18.7 Å². The Labute approximate surface area is 171 Å². The number of hydrogen-bond donors (Lipinski definition) is 0. The van der Waals surface area contributed by atoms with Gasteiger partial charge in [-0.15, -0.1) is 0 Å². The number of aromatic nitrogens is 1. The fourth-order valence-electron chi connectivity index (χ4n) is 3.59. The molecule has 1 fully saturated rings. The molecule has 3 rings (SSSR count). The summed E-state index contributed by atoms with van der Waals surface area (Å²) >= 11 is 0. The van der Waals surface area contributed by atoms with E-state index in [-0.39, 0.29) is 12.0 Å². The molecule has 29 heavy (non-hydrogen) atoms. The van der Waals surface area contributed by atoms with Crippen molar-refractivity contribution in [2.45, 2.75) is 27.3 Å². The van der Waals surface area contributed by atoms with E-state index in [4.69, 9.17) is 9.47 Å². The summed E-state index contributed by atoms with van der Waals surface area (Å²) in [6.07, 6.45) is 3.69. The second-order valence-corrected chi connectivity index (χ2v) is 6.81. The van der Waals surface area contributed by atoms with E-state index < -0.39 is 0 Å². The molecule has 0 bridgehead atoms. The number of carbonyl (C=O) groups is 2. The lowest BCUT2D eigenvalue weighted by Gasteiger charge is -2.34. The summed E-state index contributed by atoms with van der Waals surface area (Å²) in [6, 6.07) is 7.81. The van der Waals surface area contributed by atoms with Crippen LogP contribution in [0.5, 0.6) is 5.75 Å². The van der Waals surface area contributed by atoms with E-state index in [0.717, 1.165) is 16.7 Å². The third kappa shape index (κ3) is 4.39. The molecule has 0 radical (unpaired) electrons. The first-order chi connectivity index (χ1) is 14.1. The molecule has 1 aliphatic rings. The van der Waals surface area contributed by atoms with E-state index in [9.17, 15) is 9.59 Å². The van der Waals surface area contributed by atoms with Crippen LogP contribution >= 0.6 is 0 Å². The number of fused-ring (bicyclic) bond motifs is 1. The van der Waals surface area contributed by atoms with E-state index in [1.165, 1.54) is 0 Å². The van der Waals surface area contributed by atoms with E-state index in [2.05, 4.69) is 0 Å². The Morgan fingerprint density at radius 3 is 2.45 bits per heavy atom. The topological polar surface area (TPSA) is 64.0 Å². The smallest absolute Gasteiger partial charge is 0.409 e. The second kappa shape index (κ2) is 9.49. The van der Waals surface area contributed by atoms with Crippen LogP contribution < -0.4 is 4.74 Å². The minimum Gasteiger partial charge on any atom is -0.493 e. The van der Waals surface area contributed by atoms with Gasteiger partial charge in [-0.25, -0.2) is 4.79 Å². The van der Waals surface area contributed by atoms with Crippen molar-refractivity contribution in [3.63, 3.8) is 0 Å². The van der Waals surface area contributed by atoms with Crippen molar-refractivity contribution in [1.29, 1.82) is 0 Å². The van der Waals surface area contributed by atoms with E-state index in [1.54, 1.807) is 16.7 Å². The number of benzene rings is 1. The predicted octanol–water partition coefficient (Wildman–Crippen LogP) is 3.53. The van der Waals surface area contributed by atoms with Crippen LogP contribution in [0.15, 0.2) is 36.4 Å². The van der Waals surface area contributed by atoms with Crippen LogP contribution in [0.2, 0.25) is 0 Å². The molecule has 7 nitrogen and oxygen atoms in total. The third-order valence-electron chi connectivity index (χ3n) is 5.04. The van der Waals surface area contributed by atoms with Crippen LogP contribution in [0.25, 0.3) is 10.9 Å². The molecule has 156 valence electrons. The number of amides is 2. The molecule has 2 aromatic rings. The lowest BCUT2D eigenvalue weighted by molar-refractivity contribution is 0.0563. The Hall–Kier alpha value is -2.96. The molecule has 0 saturated carbocycles. The Morgan fingerprint density at radius 2 is 1.79 bits per heavy atom. The number of hydrogen-bond acceptors (Lipinski definition) is 4. The highest BCUT2D eigenvalue weighted by Crippen LogP contribution is 2.30. The average Bonchev–Trinajstić information content (AvgIpc) is 3.11. The van der Waals surface area contributed by atoms with Crippen LogP contribution in [-0.4, -0.2) is 65.8 Å². The van der Waals surface area contributed by atoms with Crippen molar-refractivity contribution in [3.05, 3.63) is 42.1 Å². The Bertz CT molecular complexity index is 895. The van der Waals surface area contributed by atoms with E-state index >= 15 is 0 Å². The van der Waals surface area contributed by atoms with Crippen molar-refractivity contribution in [2.24, 2.45) is 0 Å². The van der Waals surface area contributed by atoms with Gasteiger partial charge < -0.3 is 23.8 Å². The summed E-state index contributed by atoms with van der Waals surface area (Å²) in [7, 11) is 0. The van der Waals surface area contributed by atoms with Crippen molar-refractivity contribution in [1.82, 2.24) is 14.4 Å². The van der Waals surface area contributed by atoms with Gasteiger partial charge in [-0.2, -0.15) is 0 Å². The summed E-state index contributed by atoms with van der Waals surface area (Å²) in [5.41, 5.74) is 1.61. The fraction of sp³-hybridized carbons (Fsp3) is 0.455. The fourth-order valence-corrected chi connectivity index (χ4v) is 3.59. The van der Waals surface area contributed by atoms with Gasteiger partial charge >= 0.3 is 6.09 Å². The van der Waals surface area contributed by atoms with Crippen molar-refractivity contribution in [2.75, 3.05) is 39.4 Å². The van der Waals surface area contributed by atoms with Crippen molar-refractivity contribution < 1.29 is 19.1 Å². The van der Waals surface area contributed by atoms with Gasteiger partial charge in [0.1, 0.15) is 11.4 Å². The van der Waals surface area contributed by atoms with Crippen molar-refractivity contribution >= 4 is 22.9 Å². The summed E-state index contributed by atoms with van der Waals surface area (Å²) in [6.45, 7) is 9.16. The van der Waals surface area contributed by atoms with Crippen LogP contribution in [0, 0.1) is 0 Å². The highest BCUT2D eigenvalue weighted by Gasteiger charge is 2.28. The number of nitrogens with zero attached hydrogens (tertiary/aromatic N) is 3. The molecule has 1 aromatic carbocycles. The standard InChI is InChI=1S/C22H29N3O4/c1-4-7-11-25-18-9-8-10-20(28-5-2)17(18)16-19(25)21(26)23-12-14-24(15-13-23)22(27)29-6-3/h4,7-10,16H,5-6,11-15H2,1-3H3/b7-4-. The molecule has 1 aromatic heterocycles. The zero-order valence-electron chi connectivity index (χ0n) is 17.4. The first kappa shape index (κ1) is 20.8. The second-order valence-electron chi connectivity index (χ2n) is 6.81. The van der Waals surface area contributed by atoms with Crippen LogP contribution in [0.4, 0.5) is 4.79 Å². The lowest BCUT2D eigenvalue weighted by Crippen LogP contribution is -2.51. The summed E-state index contributed by atoms with van der Waals surface area (Å²) in [5, 5.41) is 0.937. The number of carbonyl (C=O) groups excluding carboxylic acids is 2. The number of ether oxygens (including phenoxy) is 2. The minimum atomic E-state index is -0.317. The van der Waals surface area contributed by atoms with Gasteiger partial charge in [0, 0.05) is 38.1 Å². The SMILES string of the molecule is C/C=C\Cn1c(C(=O)N2CCN(C(=O)OCC)CC2)cc2c(OCC)cccc21. The molecular formula is C22H29N3O4. The Balaban J connectivity index is 1.87. The lowest BCUT2D eigenvalue weighted by atomic mass is 10.2. The molecule has 7 heteroatoms. The third-order valence-corrected chi connectivity index (χ3v) is 5.04. The molecule has 1 saturated heterocycles. The molecule has 0 aliphatic carbocycles. The molecule has 0 unspecified atom stereocenters. The summed E-state index contributed by atoms with van der Waals surface area (Å²) < 4.78 is 12.9. The van der Waals surface area contributed by atoms with Gasteiger partial charge in [-0.3, -0.25) is 4.79 Å². The van der Waals surface area contributed by atoms with Crippen LogP contribution in [-0.2, 0) is 11.3 Å². The van der Waals surface area contributed by atoms with Gasteiger partial charge in [-0.1, -0.05) is 18.2 Å². The molecule has 0 atom stereocenters. The number of rotatable bonds is 6. The molecule has 2 amide bonds. The highest BCUT2D eigenvalue weighted by atomic mass is 16.6. The van der Waals surface area contributed by atoms with Gasteiger partial charge in [0.15, 0.2) is 0 Å². The zero-order chi connectivity index (χ0) is 20.8. The van der Waals surface area contributed by atoms with Crippen molar-refractivity contribution in [3.8, 4) is 5.75 Å². The van der Waals surface area contributed by atoms with Crippen LogP contribution in [0.1, 0.15) is 31.3 Å². The molecule has 0 spiro atoms. The van der Waals surface area contributed by atoms with E-state index in [0.29, 0.717) is 51.6 Å². The van der Waals surface area contributed by atoms with E-state index in [1.807, 2.05) is 54.8 Å². The maximum Gasteiger partial charge on any atom is 0.409 e. The van der Waals surface area contributed by atoms with Gasteiger partial charge in [0.2, 0.25) is 0 Å². The normalized spacial score (nSPS) is 14.6. The summed E-state index contributed by atoms with van der Waals surface area (Å²) in [5.74, 6) is 0.752. The van der Waals surface area contributed by atoms with Gasteiger partial charge in [-0.05, 0) is 39.0 Å². The number of piperazine rings is 1. The van der Waals surface area contributed by atoms with Gasteiger partial charge in [0.25, 0.3) is 5.91 Å². The quantitative estimate of drug-likeness (QED) is 0.697. The Morgan fingerprint density at radius 1 is 1.07 bits per heavy atom. The monoisotopic (exact) mass is 399 g/mol. The Kier molecular flexibility index (Phi) is 6.80. The molecule has 0 N–H and O–H groups in total. The molecule has 2 heterocycles. The maximum atomic E-state index is 13.3. The zero-order valence-corrected chi connectivity index (χ0v) is 17.4.